The summed E-state index contributed by atoms with van der Waals surface area (Å²) in [6, 6.07) is 0. The summed E-state index contributed by atoms with van der Waals surface area (Å²) in [5.41, 5.74) is -0.542. The fourth-order valence-electron chi connectivity index (χ4n) is 0.225. The van der Waals surface area contributed by atoms with Crippen LogP contribution < -0.4 is 0 Å². The van der Waals surface area contributed by atoms with Gasteiger partial charge in [-0.25, -0.2) is 0 Å². The first-order valence-corrected chi connectivity index (χ1v) is 2.65. The van der Waals surface area contributed by atoms with E-state index in [1.54, 1.807) is 20.8 Å². The zero-order valence-corrected chi connectivity index (χ0v) is 5.84. The Morgan fingerprint density at radius 3 is 2.11 bits per heavy atom. The van der Waals surface area contributed by atoms with Crippen molar-refractivity contribution in [3.05, 3.63) is 0 Å². The van der Waals surface area contributed by atoms with Crippen LogP contribution in [0.3, 0.4) is 0 Å². The van der Waals surface area contributed by atoms with E-state index >= 15 is 0 Å². The average molecular weight is 129 g/mol. The molecule has 0 saturated heterocycles. The molecular formula is C5H10BO3. The van der Waals surface area contributed by atoms with Gasteiger partial charge in [-0.05, 0) is 20.8 Å². The van der Waals surface area contributed by atoms with Crippen LogP contribution in [0.1, 0.15) is 20.8 Å². The molecule has 0 aliphatic carbocycles. The van der Waals surface area contributed by atoms with Gasteiger partial charge < -0.3 is 9.68 Å². The van der Waals surface area contributed by atoms with Gasteiger partial charge in [0, 0.05) is 0 Å². The molecule has 0 spiro atoms. The number of hydrogen-bond donors (Lipinski definition) is 1. The summed E-state index contributed by atoms with van der Waals surface area (Å²) in [4.78, 5) is 10.7. The molecule has 0 unspecified atom stereocenters. The highest BCUT2D eigenvalue weighted by molar-refractivity contribution is 6.20. The van der Waals surface area contributed by atoms with E-state index < -0.39 is 11.4 Å². The van der Waals surface area contributed by atoms with Gasteiger partial charge in [0.25, 0.3) is 5.97 Å². The van der Waals surface area contributed by atoms with E-state index in [0.717, 1.165) is 0 Å². The van der Waals surface area contributed by atoms with Crippen LogP contribution in [0.15, 0.2) is 0 Å². The van der Waals surface area contributed by atoms with E-state index in [1.165, 1.54) is 0 Å². The third kappa shape index (κ3) is 3.14. The lowest BCUT2D eigenvalue weighted by Crippen LogP contribution is -2.24. The second-order valence-corrected chi connectivity index (χ2v) is 2.76. The molecule has 1 N–H and O–H groups in total. The molecule has 0 aromatic heterocycles. The molecule has 0 aromatic rings. The molecule has 0 aromatic carbocycles. The Hall–Kier alpha value is -0.505. The Labute approximate surface area is 55.3 Å². The SMILES string of the molecule is CC(C)(C)C(=O)O[B]O. The first-order valence-electron chi connectivity index (χ1n) is 2.65. The van der Waals surface area contributed by atoms with Crippen molar-refractivity contribution < 1.29 is 14.5 Å². The van der Waals surface area contributed by atoms with Gasteiger partial charge in [-0.3, -0.25) is 4.79 Å². The Bertz CT molecular complexity index is 105. The Morgan fingerprint density at radius 1 is 1.56 bits per heavy atom. The minimum Gasteiger partial charge on any atom is -0.511 e. The van der Waals surface area contributed by atoms with Crippen molar-refractivity contribution in [2.45, 2.75) is 20.8 Å². The van der Waals surface area contributed by atoms with Crippen LogP contribution in [0.2, 0.25) is 0 Å². The lowest BCUT2D eigenvalue weighted by atomic mass is 9.97. The van der Waals surface area contributed by atoms with Gasteiger partial charge in [0.2, 0.25) is 0 Å². The Balaban J connectivity index is 3.74. The molecule has 0 aliphatic rings. The molecular weight excluding hydrogens is 119 g/mol. The first kappa shape index (κ1) is 8.49. The van der Waals surface area contributed by atoms with Crippen LogP contribution in [0.25, 0.3) is 0 Å². The van der Waals surface area contributed by atoms with E-state index in [9.17, 15) is 4.79 Å². The van der Waals surface area contributed by atoms with Gasteiger partial charge >= 0.3 is 7.69 Å². The summed E-state index contributed by atoms with van der Waals surface area (Å²) in [5, 5.41) is 8.03. The van der Waals surface area contributed by atoms with Crippen molar-refractivity contribution in [1.29, 1.82) is 0 Å². The molecule has 3 nitrogen and oxygen atoms in total. The van der Waals surface area contributed by atoms with Gasteiger partial charge in [0.1, 0.15) is 0 Å². The quantitative estimate of drug-likeness (QED) is 0.510. The molecule has 51 valence electrons. The zero-order chi connectivity index (χ0) is 7.49. The molecule has 1 radical (unpaired) electrons. The molecule has 0 atom stereocenters. The summed E-state index contributed by atoms with van der Waals surface area (Å²) in [7, 11) is 0.396. The van der Waals surface area contributed by atoms with E-state index in [-0.39, 0.29) is 0 Å². The van der Waals surface area contributed by atoms with E-state index in [4.69, 9.17) is 5.02 Å². The summed E-state index contributed by atoms with van der Waals surface area (Å²) < 4.78 is 4.20. The summed E-state index contributed by atoms with van der Waals surface area (Å²) in [6.45, 7) is 5.12. The maximum Gasteiger partial charge on any atom is 0.571 e. The number of hydrogen-bond acceptors (Lipinski definition) is 3. The van der Waals surface area contributed by atoms with E-state index in [1.807, 2.05) is 0 Å². The van der Waals surface area contributed by atoms with Crippen LogP contribution in [0.4, 0.5) is 0 Å². The van der Waals surface area contributed by atoms with Crippen LogP contribution in [0.5, 0.6) is 0 Å². The largest absolute Gasteiger partial charge is 0.571 e. The number of rotatable bonds is 1. The maximum absolute atomic E-state index is 10.7. The second kappa shape index (κ2) is 2.87. The van der Waals surface area contributed by atoms with Crippen LogP contribution >= 0.6 is 0 Å². The predicted octanol–water partition coefficient (Wildman–Crippen LogP) is 0.102. The van der Waals surface area contributed by atoms with Crippen molar-refractivity contribution in [2.75, 3.05) is 0 Å². The summed E-state index contributed by atoms with van der Waals surface area (Å²) in [5.74, 6) is -0.440. The van der Waals surface area contributed by atoms with Crippen LogP contribution in [0, 0.1) is 5.41 Å². The number of carbonyl (C=O) groups is 1. The number of carbonyl (C=O) groups excluding carboxylic acids is 1. The predicted molar refractivity (Wildman–Crippen MR) is 33.5 cm³/mol. The third-order valence-electron chi connectivity index (χ3n) is 0.772. The first-order chi connectivity index (χ1) is 3.98. The fraction of sp³-hybridized carbons (Fsp3) is 0.800. The third-order valence-corrected chi connectivity index (χ3v) is 0.772. The van der Waals surface area contributed by atoms with Crippen molar-refractivity contribution in [3.8, 4) is 0 Å². The van der Waals surface area contributed by atoms with E-state index in [2.05, 4.69) is 4.65 Å². The van der Waals surface area contributed by atoms with E-state index in [0.29, 0.717) is 7.69 Å². The molecule has 0 heterocycles. The molecule has 0 fully saturated rings. The van der Waals surface area contributed by atoms with Crippen molar-refractivity contribution >= 4 is 13.7 Å². The fourth-order valence-corrected chi connectivity index (χ4v) is 0.225. The monoisotopic (exact) mass is 129 g/mol. The highest BCUT2D eigenvalue weighted by Crippen LogP contribution is 2.13. The molecule has 0 amide bonds. The highest BCUT2D eigenvalue weighted by atomic mass is 16.6. The van der Waals surface area contributed by atoms with Gasteiger partial charge in [0.05, 0.1) is 5.41 Å². The summed E-state index contributed by atoms with van der Waals surface area (Å²) >= 11 is 0. The highest BCUT2D eigenvalue weighted by Gasteiger charge is 2.22. The standard InChI is InChI=1S/C5H10BO3/c1-5(2,3)4(7)9-6-8/h8H,1-3H3. The van der Waals surface area contributed by atoms with Gasteiger partial charge in [0.15, 0.2) is 0 Å². The van der Waals surface area contributed by atoms with Crippen molar-refractivity contribution in [1.82, 2.24) is 0 Å². The lowest BCUT2D eigenvalue weighted by Gasteiger charge is -2.14. The van der Waals surface area contributed by atoms with Crippen LogP contribution in [-0.2, 0) is 9.45 Å². The smallest absolute Gasteiger partial charge is 0.511 e. The Kier molecular flexibility index (Phi) is 2.71. The van der Waals surface area contributed by atoms with Gasteiger partial charge in [-0.1, -0.05) is 0 Å². The van der Waals surface area contributed by atoms with Crippen molar-refractivity contribution in [2.24, 2.45) is 5.41 Å². The molecule has 0 aliphatic heterocycles. The molecule has 0 bridgehead atoms. The topological polar surface area (TPSA) is 46.5 Å². The average Bonchev–Trinajstić information content (AvgIpc) is 1.64. The molecule has 0 rings (SSSR count). The molecule has 4 heteroatoms. The molecule has 0 saturated carbocycles. The van der Waals surface area contributed by atoms with Crippen LogP contribution in [-0.4, -0.2) is 18.7 Å². The minimum atomic E-state index is -0.542. The van der Waals surface area contributed by atoms with Gasteiger partial charge in [-0.15, -0.1) is 0 Å². The zero-order valence-electron chi connectivity index (χ0n) is 5.84. The summed E-state index contributed by atoms with van der Waals surface area (Å²) in [6.07, 6.45) is 0. The maximum atomic E-state index is 10.7. The van der Waals surface area contributed by atoms with Crippen molar-refractivity contribution in [3.63, 3.8) is 0 Å². The Morgan fingerprint density at radius 2 is 2.00 bits per heavy atom. The minimum absolute atomic E-state index is 0.396. The normalized spacial score (nSPS) is 10.7. The molecule has 9 heavy (non-hydrogen) atoms. The van der Waals surface area contributed by atoms with Gasteiger partial charge in [-0.2, -0.15) is 0 Å². The lowest BCUT2D eigenvalue weighted by molar-refractivity contribution is -0.143. The second-order valence-electron chi connectivity index (χ2n) is 2.76.